The summed E-state index contributed by atoms with van der Waals surface area (Å²) in [5.41, 5.74) is 1.18. The molecule has 0 saturated carbocycles. The third-order valence-electron chi connectivity index (χ3n) is 2.81. The van der Waals surface area contributed by atoms with Crippen molar-refractivity contribution < 1.29 is 14.3 Å². The Labute approximate surface area is 131 Å². The molecule has 0 amide bonds. The molecule has 0 aliphatic heterocycles. The average Bonchev–Trinajstić information content (AvgIpc) is 2.88. The molecule has 0 unspecified atom stereocenters. The number of hydrogen-bond acceptors (Lipinski definition) is 6. The number of aromatic nitrogens is 1. The number of benzene rings is 1. The van der Waals surface area contributed by atoms with Gasteiger partial charge in [0.1, 0.15) is 5.75 Å². The lowest BCUT2D eigenvalue weighted by atomic mass is 10.1. The standard InChI is InChI=1S/C14H15ClN2O3S/c1-19-10-5-3-9(4-6-10)7-8-16-14-17-12(15)11(21-14)13(18)20-2/h3-6H,7-8H2,1-2H3,(H,16,17). The molecule has 0 fully saturated rings. The maximum Gasteiger partial charge on any atom is 0.351 e. The van der Waals surface area contributed by atoms with Crippen LogP contribution in [-0.4, -0.2) is 31.7 Å². The number of hydrogen-bond donors (Lipinski definition) is 1. The number of esters is 1. The molecule has 1 aromatic heterocycles. The van der Waals surface area contributed by atoms with Gasteiger partial charge in [-0.25, -0.2) is 9.78 Å². The Balaban J connectivity index is 1.89. The van der Waals surface area contributed by atoms with Crippen LogP contribution in [0.2, 0.25) is 5.15 Å². The van der Waals surface area contributed by atoms with Gasteiger partial charge in [-0.1, -0.05) is 35.1 Å². The SMILES string of the molecule is COC(=O)c1sc(NCCc2ccc(OC)cc2)nc1Cl. The molecule has 0 atom stereocenters. The van der Waals surface area contributed by atoms with E-state index in [2.05, 4.69) is 15.0 Å². The van der Waals surface area contributed by atoms with E-state index in [1.165, 1.54) is 24.0 Å². The Morgan fingerprint density at radius 1 is 1.33 bits per heavy atom. The van der Waals surface area contributed by atoms with Gasteiger partial charge in [0.2, 0.25) is 0 Å². The lowest BCUT2D eigenvalue weighted by Gasteiger charge is -2.04. The fraction of sp³-hybridized carbons (Fsp3) is 0.286. The predicted octanol–water partition coefficient (Wildman–Crippen LogP) is 3.25. The molecular weight excluding hydrogens is 312 g/mol. The number of halogens is 1. The molecule has 5 nitrogen and oxygen atoms in total. The number of nitrogens with zero attached hydrogens (tertiary/aromatic N) is 1. The summed E-state index contributed by atoms with van der Waals surface area (Å²) in [4.78, 5) is 15.8. The van der Waals surface area contributed by atoms with Crippen LogP contribution in [-0.2, 0) is 11.2 Å². The van der Waals surface area contributed by atoms with Crippen molar-refractivity contribution in [2.75, 3.05) is 26.1 Å². The van der Waals surface area contributed by atoms with E-state index in [1.54, 1.807) is 7.11 Å². The minimum Gasteiger partial charge on any atom is -0.497 e. The number of thiazole rings is 1. The van der Waals surface area contributed by atoms with Gasteiger partial charge in [0.05, 0.1) is 14.2 Å². The Kier molecular flexibility index (Phi) is 5.41. The van der Waals surface area contributed by atoms with Gasteiger partial charge < -0.3 is 14.8 Å². The quantitative estimate of drug-likeness (QED) is 0.826. The molecule has 0 spiro atoms. The van der Waals surface area contributed by atoms with Crippen molar-refractivity contribution in [3.63, 3.8) is 0 Å². The molecule has 0 saturated heterocycles. The molecule has 112 valence electrons. The van der Waals surface area contributed by atoms with Gasteiger partial charge in [-0.2, -0.15) is 0 Å². The predicted molar refractivity (Wildman–Crippen MR) is 83.7 cm³/mol. The number of nitrogens with one attached hydrogen (secondary N) is 1. The highest BCUT2D eigenvalue weighted by atomic mass is 35.5. The molecule has 0 aliphatic carbocycles. The van der Waals surface area contributed by atoms with Gasteiger partial charge in [0.25, 0.3) is 0 Å². The summed E-state index contributed by atoms with van der Waals surface area (Å²) in [6, 6.07) is 7.86. The van der Waals surface area contributed by atoms with E-state index < -0.39 is 5.97 Å². The minimum atomic E-state index is -0.472. The van der Waals surface area contributed by atoms with Crippen molar-refractivity contribution in [3.8, 4) is 5.75 Å². The molecule has 2 aromatic rings. The second kappa shape index (κ2) is 7.28. The highest BCUT2D eigenvalue weighted by molar-refractivity contribution is 7.18. The molecule has 1 N–H and O–H groups in total. The van der Waals surface area contributed by atoms with Crippen LogP contribution in [0.5, 0.6) is 5.75 Å². The van der Waals surface area contributed by atoms with E-state index in [9.17, 15) is 4.79 Å². The molecule has 0 bridgehead atoms. The summed E-state index contributed by atoms with van der Waals surface area (Å²) < 4.78 is 9.74. The maximum atomic E-state index is 11.4. The third kappa shape index (κ3) is 4.09. The summed E-state index contributed by atoms with van der Waals surface area (Å²) >= 11 is 7.08. The first-order valence-corrected chi connectivity index (χ1v) is 7.45. The summed E-state index contributed by atoms with van der Waals surface area (Å²) in [6.07, 6.45) is 0.828. The number of anilines is 1. The molecule has 2 rings (SSSR count). The highest BCUT2D eigenvalue weighted by Gasteiger charge is 2.16. The fourth-order valence-corrected chi connectivity index (χ4v) is 2.83. The van der Waals surface area contributed by atoms with Gasteiger partial charge in [-0.05, 0) is 24.1 Å². The molecule has 1 heterocycles. The summed E-state index contributed by atoms with van der Waals surface area (Å²) in [5.74, 6) is 0.363. The van der Waals surface area contributed by atoms with Crippen LogP contribution in [0.25, 0.3) is 0 Å². The van der Waals surface area contributed by atoms with Crippen molar-refractivity contribution in [2.24, 2.45) is 0 Å². The minimum absolute atomic E-state index is 0.166. The van der Waals surface area contributed by atoms with Crippen LogP contribution in [0.4, 0.5) is 5.13 Å². The lowest BCUT2D eigenvalue weighted by Crippen LogP contribution is -2.04. The summed E-state index contributed by atoms with van der Waals surface area (Å²) in [5, 5.41) is 3.92. The van der Waals surface area contributed by atoms with Crippen molar-refractivity contribution in [2.45, 2.75) is 6.42 Å². The normalized spacial score (nSPS) is 10.2. The van der Waals surface area contributed by atoms with Crippen LogP contribution in [0.3, 0.4) is 0 Å². The second-order valence-corrected chi connectivity index (χ2v) is 5.51. The van der Waals surface area contributed by atoms with E-state index in [1.807, 2.05) is 24.3 Å². The zero-order valence-electron chi connectivity index (χ0n) is 11.7. The average molecular weight is 327 g/mol. The van der Waals surface area contributed by atoms with Crippen molar-refractivity contribution in [1.82, 2.24) is 4.98 Å². The second-order valence-electron chi connectivity index (χ2n) is 4.16. The Morgan fingerprint density at radius 2 is 2.05 bits per heavy atom. The van der Waals surface area contributed by atoms with E-state index in [-0.39, 0.29) is 5.15 Å². The first-order chi connectivity index (χ1) is 10.1. The van der Waals surface area contributed by atoms with Crippen molar-refractivity contribution in [3.05, 3.63) is 39.9 Å². The Morgan fingerprint density at radius 3 is 2.67 bits per heavy atom. The van der Waals surface area contributed by atoms with Crippen molar-refractivity contribution in [1.29, 1.82) is 0 Å². The highest BCUT2D eigenvalue weighted by Crippen LogP contribution is 2.27. The first kappa shape index (κ1) is 15.6. The van der Waals surface area contributed by atoms with Gasteiger partial charge >= 0.3 is 5.97 Å². The van der Waals surface area contributed by atoms with E-state index in [0.29, 0.717) is 16.6 Å². The molecule has 21 heavy (non-hydrogen) atoms. The number of ether oxygens (including phenoxy) is 2. The third-order valence-corrected chi connectivity index (χ3v) is 4.18. The van der Waals surface area contributed by atoms with Crippen LogP contribution in [0.1, 0.15) is 15.2 Å². The van der Waals surface area contributed by atoms with E-state index in [4.69, 9.17) is 16.3 Å². The van der Waals surface area contributed by atoms with E-state index in [0.717, 1.165) is 12.2 Å². The molecule has 0 radical (unpaired) electrons. The van der Waals surface area contributed by atoms with E-state index >= 15 is 0 Å². The zero-order chi connectivity index (χ0) is 15.2. The number of carbonyl (C=O) groups excluding carboxylic acids is 1. The maximum absolute atomic E-state index is 11.4. The van der Waals surface area contributed by atoms with Gasteiger partial charge in [0.15, 0.2) is 15.2 Å². The number of methoxy groups -OCH3 is 2. The molecule has 1 aromatic carbocycles. The number of rotatable bonds is 6. The van der Waals surface area contributed by atoms with Crippen LogP contribution in [0.15, 0.2) is 24.3 Å². The van der Waals surface area contributed by atoms with Gasteiger partial charge in [-0.3, -0.25) is 0 Å². The van der Waals surface area contributed by atoms with Crippen LogP contribution < -0.4 is 10.1 Å². The number of carbonyl (C=O) groups is 1. The smallest absolute Gasteiger partial charge is 0.351 e. The van der Waals surface area contributed by atoms with Crippen molar-refractivity contribution >= 4 is 34.0 Å². The molecular formula is C14H15ClN2O3S. The van der Waals surface area contributed by atoms with Gasteiger partial charge in [0, 0.05) is 6.54 Å². The largest absolute Gasteiger partial charge is 0.497 e. The van der Waals surface area contributed by atoms with Gasteiger partial charge in [-0.15, -0.1) is 0 Å². The first-order valence-electron chi connectivity index (χ1n) is 6.25. The van der Waals surface area contributed by atoms with Crippen LogP contribution >= 0.6 is 22.9 Å². The topological polar surface area (TPSA) is 60.5 Å². The van der Waals surface area contributed by atoms with Crippen LogP contribution in [0, 0.1) is 0 Å². The molecule has 0 aliphatic rings. The Hall–Kier alpha value is -1.79. The fourth-order valence-electron chi connectivity index (χ4n) is 1.70. The Bertz CT molecular complexity index is 613. The molecule has 7 heteroatoms. The summed E-state index contributed by atoms with van der Waals surface area (Å²) in [7, 11) is 2.96. The zero-order valence-corrected chi connectivity index (χ0v) is 13.3. The monoisotopic (exact) mass is 326 g/mol. The lowest BCUT2D eigenvalue weighted by molar-refractivity contribution is 0.0606. The summed E-state index contributed by atoms with van der Waals surface area (Å²) in [6.45, 7) is 0.691.